The van der Waals surface area contributed by atoms with E-state index in [2.05, 4.69) is 44.3 Å². The topological polar surface area (TPSA) is 12.0 Å². The zero-order valence-electron chi connectivity index (χ0n) is 13.3. The van der Waals surface area contributed by atoms with Gasteiger partial charge in [-0.1, -0.05) is 71.1 Å². The summed E-state index contributed by atoms with van der Waals surface area (Å²) in [6.07, 6.45) is 8.58. The van der Waals surface area contributed by atoms with Crippen LogP contribution in [0.5, 0.6) is 0 Å². The Morgan fingerprint density at radius 1 is 1.00 bits per heavy atom. The van der Waals surface area contributed by atoms with Gasteiger partial charge in [0, 0.05) is 12.2 Å². The van der Waals surface area contributed by atoms with Gasteiger partial charge in [-0.25, -0.2) is 0 Å². The first-order valence-corrected chi connectivity index (χ1v) is 8.42. The molecule has 1 atom stereocenters. The van der Waals surface area contributed by atoms with E-state index in [9.17, 15) is 0 Å². The second-order valence-electron chi connectivity index (χ2n) is 7.83. The summed E-state index contributed by atoms with van der Waals surface area (Å²) in [5.41, 5.74) is 4.71. The Morgan fingerprint density at radius 3 is 2.45 bits per heavy atom. The Morgan fingerprint density at radius 2 is 1.75 bits per heavy atom. The van der Waals surface area contributed by atoms with E-state index < -0.39 is 0 Å². The first-order valence-electron chi connectivity index (χ1n) is 8.42. The van der Waals surface area contributed by atoms with Gasteiger partial charge < -0.3 is 5.32 Å². The molecule has 0 bridgehead atoms. The molecule has 2 aliphatic rings. The second kappa shape index (κ2) is 5.42. The molecule has 0 saturated heterocycles. The van der Waals surface area contributed by atoms with Crippen LogP contribution >= 0.6 is 0 Å². The van der Waals surface area contributed by atoms with Crippen LogP contribution in [0.1, 0.15) is 64.0 Å². The smallest absolute Gasteiger partial charge is 0.0410 e. The lowest BCUT2D eigenvalue weighted by molar-refractivity contribution is 0.252. The van der Waals surface area contributed by atoms with Crippen molar-refractivity contribution in [2.75, 3.05) is 11.9 Å². The first kappa shape index (κ1) is 14.0. The average Bonchev–Trinajstić information content (AvgIpc) is 2.46. The predicted octanol–water partition coefficient (Wildman–Crippen LogP) is 5.15. The lowest BCUT2D eigenvalue weighted by Gasteiger charge is -2.37. The fraction of sp³-hybridized carbons (Fsp3) is 0.684. The van der Waals surface area contributed by atoms with Gasteiger partial charge in [-0.3, -0.25) is 0 Å². The number of benzene rings is 1. The number of para-hydroxylation sites is 1. The van der Waals surface area contributed by atoms with Crippen molar-refractivity contribution in [2.24, 2.45) is 11.8 Å². The minimum atomic E-state index is 0.232. The average molecular weight is 271 g/mol. The summed E-state index contributed by atoms with van der Waals surface area (Å²) in [5.74, 6) is 1.82. The Bertz CT molecular complexity index is 463. The Kier molecular flexibility index (Phi) is 3.79. The molecule has 1 aliphatic heterocycles. The molecule has 0 spiro atoms. The molecule has 110 valence electrons. The number of nitrogens with one attached hydrogen (secondary N) is 1. The van der Waals surface area contributed by atoms with Gasteiger partial charge in [-0.2, -0.15) is 0 Å². The summed E-state index contributed by atoms with van der Waals surface area (Å²) >= 11 is 0. The third-order valence-corrected chi connectivity index (χ3v) is 5.30. The summed E-state index contributed by atoms with van der Waals surface area (Å²) in [5, 5.41) is 3.79. The molecule has 1 fully saturated rings. The van der Waals surface area contributed by atoms with Crippen molar-refractivity contribution in [2.45, 2.75) is 64.7 Å². The highest BCUT2D eigenvalue weighted by Crippen LogP contribution is 2.39. The van der Waals surface area contributed by atoms with E-state index in [1.807, 2.05) is 0 Å². The number of anilines is 1. The maximum Gasteiger partial charge on any atom is 0.0410 e. The van der Waals surface area contributed by atoms with Crippen molar-refractivity contribution in [1.82, 2.24) is 0 Å². The molecule has 1 aliphatic carbocycles. The van der Waals surface area contributed by atoms with Crippen LogP contribution in [0, 0.1) is 11.8 Å². The summed E-state index contributed by atoms with van der Waals surface area (Å²) in [4.78, 5) is 0. The molecule has 3 rings (SSSR count). The highest BCUT2D eigenvalue weighted by molar-refractivity contribution is 5.61. The number of rotatable bonds is 1. The van der Waals surface area contributed by atoms with Crippen molar-refractivity contribution in [3.8, 4) is 0 Å². The molecular formula is C19H29N. The molecule has 1 heteroatoms. The highest BCUT2D eigenvalue weighted by atomic mass is 14.9. The molecule has 1 heterocycles. The first-order chi connectivity index (χ1) is 9.55. The van der Waals surface area contributed by atoms with Gasteiger partial charge in [-0.05, 0) is 34.8 Å². The van der Waals surface area contributed by atoms with E-state index in [1.165, 1.54) is 56.3 Å². The zero-order valence-corrected chi connectivity index (χ0v) is 13.3. The Hall–Kier alpha value is -0.980. The number of hydrogen-bond acceptors (Lipinski definition) is 1. The third kappa shape index (κ3) is 2.73. The van der Waals surface area contributed by atoms with Gasteiger partial charge in [0.25, 0.3) is 0 Å². The van der Waals surface area contributed by atoms with Crippen LogP contribution in [0.2, 0.25) is 0 Å². The molecular weight excluding hydrogens is 242 g/mol. The maximum atomic E-state index is 3.79. The van der Waals surface area contributed by atoms with Crippen LogP contribution in [-0.4, -0.2) is 6.54 Å². The van der Waals surface area contributed by atoms with Crippen LogP contribution in [0.25, 0.3) is 0 Å². The van der Waals surface area contributed by atoms with Crippen molar-refractivity contribution >= 4 is 5.69 Å². The molecule has 0 radical (unpaired) electrons. The molecule has 0 amide bonds. The van der Waals surface area contributed by atoms with Crippen molar-refractivity contribution < 1.29 is 0 Å². The van der Waals surface area contributed by atoms with Gasteiger partial charge in [0.1, 0.15) is 0 Å². The van der Waals surface area contributed by atoms with Gasteiger partial charge in [0.15, 0.2) is 0 Å². The largest absolute Gasteiger partial charge is 0.384 e. The van der Waals surface area contributed by atoms with Crippen molar-refractivity contribution in [3.63, 3.8) is 0 Å². The lowest BCUT2D eigenvalue weighted by atomic mass is 9.74. The molecule has 1 nitrogen and oxygen atoms in total. The fourth-order valence-electron chi connectivity index (χ4n) is 4.13. The summed E-state index contributed by atoms with van der Waals surface area (Å²) in [6.45, 7) is 8.14. The minimum absolute atomic E-state index is 0.232. The highest BCUT2D eigenvalue weighted by Gasteiger charge is 2.29. The third-order valence-electron chi connectivity index (χ3n) is 5.30. The van der Waals surface area contributed by atoms with Crippen LogP contribution in [0.3, 0.4) is 0 Å². The van der Waals surface area contributed by atoms with Gasteiger partial charge in [0.2, 0.25) is 0 Å². The van der Waals surface area contributed by atoms with Gasteiger partial charge in [-0.15, -0.1) is 0 Å². The van der Waals surface area contributed by atoms with E-state index in [-0.39, 0.29) is 5.41 Å². The lowest BCUT2D eigenvalue weighted by Crippen LogP contribution is -2.32. The van der Waals surface area contributed by atoms with E-state index in [0.29, 0.717) is 0 Å². The zero-order chi connectivity index (χ0) is 14.2. The fourth-order valence-corrected chi connectivity index (χ4v) is 4.13. The molecule has 1 aromatic rings. The summed E-state index contributed by atoms with van der Waals surface area (Å²) in [7, 11) is 0. The monoisotopic (exact) mass is 271 g/mol. The van der Waals surface area contributed by atoms with Gasteiger partial charge >= 0.3 is 0 Å². The number of hydrogen-bond donors (Lipinski definition) is 1. The molecule has 20 heavy (non-hydrogen) atoms. The minimum Gasteiger partial charge on any atom is -0.384 e. The second-order valence-corrected chi connectivity index (χ2v) is 7.83. The van der Waals surface area contributed by atoms with Crippen LogP contribution in [0.4, 0.5) is 5.69 Å². The molecule has 1 aromatic carbocycles. The Labute approximate surface area is 124 Å². The summed E-state index contributed by atoms with van der Waals surface area (Å²) < 4.78 is 0. The van der Waals surface area contributed by atoms with Crippen molar-refractivity contribution in [1.29, 1.82) is 0 Å². The molecule has 1 N–H and O–H groups in total. The summed E-state index contributed by atoms with van der Waals surface area (Å²) in [6, 6.07) is 6.89. The predicted molar refractivity (Wildman–Crippen MR) is 87.4 cm³/mol. The normalized spacial score (nSPS) is 24.1. The molecule has 1 saturated carbocycles. The van der Waals surface area contributed by atoms with Crippen LogP contribution in [0.15, 0.2) is 18.2 Å². The molecule has 0 aromatic heterocycles. The van der Waals surface area contributed by atoms with Crippen LogP contribution < -0.4 is 5.32 Å². The van der Waals surface area contributed by atoms with Gasteiger partial charge in [0.05, 0.1) is 0 Å². The SMILES string of the molecule is CC(C)(C)c1cccc2c1NCC(C1CCCCC1)C2. The van der Waals surface area contributed by atoms with E-state index >= 15 is 0 Å². The molecule has 1 unspecified atom stereocenters. The number of fused-ring (bicyclic) bond motifs is 1. The van der Waals surface area contributed by atoms with Crippen molar-refractivity contribution in [3.05, 3.63) is 29.3 Å². The quantitative estimate of drug-likeness (QED) is 0.745. The maximum absolute atomic E-state index is 3.79. The Balaban J connectivity index is 1.81. The van der Waals surface area contributed by atoms with Crippen LogP contribution in [-0.2, 0) is 11.8 Å². The van der Waals surface area contributed by atoms with E-state index in [1.54, 1.807) is 5.56 Å². The van der Waals surface area contributed by atoms with E-state index in [0.717, 1.165) is 11.8 Å². The standard InChI is InChI=1S/C19H29N/c1-19(2,3)17-11-7-10-15-12-16(13-20-18(15)17)14-8-5-4-6-9-14/h7,10-11,14,16,20H,4-6,8-9,12-13H2,1-3H3. The van der Waals surface area contributed by atoms with E-state index in [4.69, 9.17) is 0 Å².